The Bertz CT molecular complexity index is 955. The van der Waals surface area contributed by atoms with Crippen LogP contribution >= 0.6 is 0 Å². The summed E-state index contributed by atoms with van der Waals surface area (Å²) in [5.74, 6) is -0.532. The van der Waals surface area contributed by atoms with E-state index in [0.29, 0.717) is 12.1 Å². The maximum Gasteiger partial charge on any atom is 0.315 e. The van der Waals surface area contributed by atoms with Crippen LogP contribution in [0.5, 0.6) is 0 Å². The molecule has 2 amide bonds. The van der Waals surface area contributed by atoms with Crippen molar-refractivity contribution in [3.8, 4) is 5.69 Å². The zero-order valence-electron chi connectivity index (χ0n) is 15.5. The number of urea groups is 1. The van der Waals surface area contributed by atoms with Crippen molar-refractivity contribution in [2.75, 3.05) is 19.0 Å². The number of benzene rings is 1. The Hall–Kier alpha value is -3.49. The van der Waals surface area contributed by atoms with Crippen LogP contribution < -0.4 is 15.5 Å². The summed E-state index contributed by atoms with van der Waals surface area (Å²) < 4.78 is 28.1. The van der Waals surface area contributed by atoms with Crippen molar-refractivity contribution in [2.45, 2.75) is 13.1 Å². The van der Waals surface area contributed by atoms with Crippen molar-refractivity contribution in [3.63, 3.8) is 0 Å². The minimum absolute atomic E-state index is 0.130. The van der Waals surface area contributed by atoms with Gasteiger partial charge in [0.2, 0.25) is 0 Å². The smallest absolute Gasteiger partial charge is 0.315 e. The lowest BCUT2D eigenvalue weighted by Crippen LogP contribution is -2.34. The molecule has 0 aliphatic carbocycles. The Morgan fingerprint density at radius 1 is 1.07 bits per heavy atom. The zero-order valence-corrected chi connectivity index (χ0v) is 15.5. The lowest BCUT2D eigenvalue weighted by molar-refractivity contribution is 0.240. The predicted octanol–water partition coefficient (Wildman–Crippen LogP) is 2.61. The van der Waals surface area contributed by atoms with Crippen LogP contribution in [0.3, 0.4) is 0 Å². The molecule has 3 rings (SSSR count). The first kappa shape index (κ1) is 19.3. The second-order valence-corrected chi connectivity index (χ2v) is 6.34. The van der Waals surface area contributed by atoms with Crippen LogP contribution in [0.4, 0.5) is 19.4 Å². The first-order valence-corrected chi connectivity index (χ1v) is 8.55. The fraction of sp³-hybridized carbons (Fsp3) is 0.211. The van der Waals surface area contributed by atoms with Crippen LogP contribution in [0, 0.1) is 11.6 Å². The van der Waals surface area contributed by atoms with Gasteiger partial charge in [0.1, 0.15) is 17.3 Å². The molecule has 146 valence electrons. The molecule has 0 saturated carbocycles. The first-order valence-electron chi connectivity index (χ1n) is 8.55. The molecule has 2 N–H and O–H groups in total. The Morgan fingerprint density at radius 3 is 2.46 bits per heavy atom. The maximum atomic E-state index is 13.8. The Balaban J connectivity index is 1.50. The average molecular weight is 386 g/mol. The Kier molecular flexibility index (Phi) is 5.83. The minimum Gasteiger partial charge on any atom is -0.363 e. The van der Waals surface area contributed by atoms with Crippen molar-refractivity contribution < 1.29 is 13.6 Å². The number of aromatic nitrogens is 3. The summed E-state index contributed by atoms with van der Waals surface area (Å²) in [4.78, 5) is 18.1. The van der Waals surface area contributed by atoms with Crippen molar-refractivity contribution in [1.29, 1.82) is 0 Å². The third-order valence-corrected chi connectivity index (χ3v) is 3.97. The normalized spacial score (nSPS) is 10.6. The number of hydrogen-bond acceptors (Lipinski definition) is 4. The molecule has 9 heteroatoms. The molecular weight excluding hydrogens is 366 g/mol. The molecule has 2 aromatic heterocycles. The molecule has 0 aliphatic heterocycles. The number of carbonyl (C=O) groups excluding carboxylic acids is 1. The highest BCUT2D eigenvalue weighted by molar-refractivity contribution is 5.73. The summed E-state index contributed by atoms with van der Waals surface area (Å²) in [5, 5.41) is 9.48. The summed E-state index contributed by atoms with van der Waals surface area (Å²) >= 11 is 0. The van der Waals surface area contributed by atoms with Crippen LogP contribution in [-0.4, -0.2) is 34.9 Å². The van der Waals surface area contributed by atoms with E-state index in [2.05, 4.69) is 20.7 Å². The van der Waals surface area contributed by atoms with E-state index in [4.69, 9.17) is 0 Å². The zero-order chi connectivity index (χ0) is 20.1. The van der Waals surface area contributed by atoms with Crippen molar-refractivity contribution in [1.82, 2.24) is 25.4 Å². The molecule has 0 spiro atoms. The molecule has 28 heavy (non-hydrogen) atoms. The highest BCUT2D eigenvalue weighted by Gasteiger charge is 2.09. The van der Waals surface area contributed by atoms with Gasteiger partial charge in [-0.15, -0.1) is 0 Å². The van der Waals surface area contributed by atoms with E-state index in [-0.39, 0.29) is 18.3 Å². The van der Waals surface area contributed by atoms with Gasteiger partial charge in [-0.3, -0.25) is 0 Å². The van der Waals surface area contributed by atoms with Gasteiger partial charge in [-0.1, -0.05) is 6.07 Å². The molecule has 0 bridgehead atoms. The molecule has 2 heterocycles. The number of amides is 2. The van der Waals surface area contributed by atoms with Gasteiger partial charge in [0.25, 0.3) is 0 Å². The topological polar surface area (TPSA) is 75.1 Å². The Morgan fingerprint density at radius 2 is 1.82 bits per heavy atom. The SMILES string of the molecule is CN(C)c1ccc(CNC(=O)NCc2cnn(-c3ccc(F)cc3F)c2)cn1. The molecule has 0 fully saturated rings. The van der Waals surface area contributed by atoms with Gasteiger partial charge in [0, 0.05) is 51.2 Å². The molecule has 7 nitrogen and oxygen atoms in total. The number of pyridine rings is 1. The molecule has 1 aromatic carbocycles. The highest BCUT2D eigenvalue weighted by atomic mass is 19.1. The van der Waals surface area contributed by atoms with Crippen LogP contribution in [0.1, 0.15) is 11.1 Å². The van der Waals surface area contributed by atoms with Crippen LogP contribution in [0.2, 0.25) is 0 Å². The second kappa shape index (κ2) is 8.47. The van der Waals surface area contributed by atoms with Gasteiger partial charge in [0.05, 0.1) is 6.20 Å². The maximum absolute atomic E-state index is 13.8. The van der Waals surface area contributed by atoms with Crippen molar-refractivity contribution in [3.05, 3.63) is 71.7 Å². The van der Waals surface area contributed by atoms with Gasteiger partial charge < -0.3 is 15.5 Å². The lowest BCUT2D eigenvalue weighted by atomic mass is 10.3. The summed E-state index contributed by atoms with van der Waals surface area (Å²) in [6.45, 7) is 0.555. The number of carbonyl (C=O) groups is 1. The molecule has 0 unspecified atom stereocenters. The number of nitrogens with one attached hydrogen (secondary N) is 2. The van der Waals surface area contributed by atoms with E-state index in [9.17, 15) is 13.6 Å². The quantitative estimate of drug-likeness (QED) is 0.683. The summed E-state index contributed by atoms with van der Waals surface area (Å²) in [6, 6.07) is 6.67. The number of anilines is 1. The Labute approximate surface area is 161 Å². The van der Waals surface area contributed by atoms with Gasteiger partial charge in [0.15, 0.2) is 5.82 Å². The van der Waals surface area contributed by atoms with Crippen LogP contribution in [-0.2, 0) is 13.1 Å². The molecule has 3 aromatic rings. The van der Waals surface area contributed by atoms with Gasteiger partial charge in [-0.05, 0) is 23.8 Å². The lowest BCUT2D eigenvalue weighted by Gasteiger charge is -2.11. The van der Waals surface area contributed by atoms with Gasteiger partial charge in [-0.25, -0.2) is 23.2 Å². The summed E-state index contributed by atoms with van der Waals surface area (Å²) in [5.41, 5.74) is 1.68. The third-order valence-electron chi connectivity index (χ3n) is 3.97. The van der Waals surface area contributed by atoms with E-state index < -0.39 is 11.6 Å². The summed E-state index contributed by atoms with van der Waals surface area (Å²) in [7, 11) is 3.81. The third kappa shape index (κ3) is 4.81. The number of hydrogen-bond donors (Lipinski definition) is 2. The predicted molar refractivity (Wildman–Crippen MR) is 101 cm³/mol. The van der Waals surface area contributed by atoms with E-state index in [1.807, 2.05) is 31.1 Å². The summed E-state index contributed by atoms with van der Waals surface area (Å²) in [6.07, 6.45) is 4.78. The standard InChI is InChI=1S/C19H20F2N6O/c1-26(2)18-6-3-13(8-22-18)9-23-19(28)24-10-14-11-25-27(12-14)17-5-4-15(20)7-16(17)21/h3-8,11-12H,9-10H2,1-2H3,(H2,23,24,28). The first-order chi connectivity index (χ1) is 13.4. The van der Waals surface area contributed by atoms with E-state index in [0.717, 1.165) is 23.5 Å². The van der Waals surface area contributed by atoms with E-state index in [1.165, 1.54) is 16.9 Å². The fourth-order valence-electron chi connectivity index (χ4n) is 2.46. The minimum atomic E-state index is -0.714. The van der Waals surface area contributed by atoms with Crippen molar-refractivity contribution in [2.24, 2.45) is 0 Å². The van der Waals surface area contributed by atoms with E-state index in [1.54, 1.807) is 12.4 Å². The molecule has 0 atom stereocenters. The average Bonchev–Trinajstić information content (AvgIpc) is 3.13. The van der Waals surface area contributed by atoms with E-state index >= 15 is 0 Å². The largest absolute Gasteiger partial charge is 0.363 e. The molecule has 0 saturated heterocycles. The number of halogens is 2. The van der Waals surface area contributed by atoms with Gasteiger partial charge >= 0.3 is 6.03 Å². The molecule has 0 radical (unpaired) electrons. The molecular formula is C19H20F2N6O. The van der Waals surface area contributed by atoms with Crippen LogP contribution in [0.25, 0.3) is 5.69 Å². The number of rotatable bonds is 6. The van der Waals surface area contributed by atoms with Crippen LogP contribution in [0.15, 0.2) is 48.9 Å². The molecule has 0 aliphatic rings. The highest BCUT2D eigenvalue weighted by Crippen LogP contribution is 2.14. The monoisotopic (exact) mass is 386 g/mol. The number of nitrogens with zero attached hydrogens (tertiary/aromatic N) is 4. The van der Waals surface area contributed by atoms with Crippen molar-refractivity contribution >= 4 is 11.8 Å². The second-order valence-electron chi connectivity index (χ2n) is 6.34. The van der Waals surface area contributed by atoms with Gasteiger partial charge in [-0.2, -0.15) is 5.10 Å². The fourth-order valence-corrected chi connectivity index (χ4v) is 2.46.